The van der Waals surface area contributed by atoms with Crippen LogP contribution in [-0.4, -0.2) is 10.9 Å². The molecule has 0 saturated carbocycles. The van der Waals surface area contributed by atoms with Crippen LogP contribution in [0.25, 0.3) is 22.0 Å². The van der Waals surface area contributed by atoms with Gasteiger partial charge in [0, 0.05) is 29.3 Å². The summed E-state index contributed by atoms with van der Waals surface area (Å²) < 4.78 is 0. The van der Waals surface area contributed by atoms with Crippen LogP contribution >= 0.6 is 0 Å². The Labute approximate surface area is 130 Å². The molecule has 0 radical (unpaired) electrons. The minimum atomic E-state index is 0.0580. The van der Waals surface area contributed by atoms with Gasteiger partial charge in [0.05, 0.1) is 5.52 Å². The number of para-hydroxylation sites is 1. The molecule has 0 saturated heterocycles. The minimum Gasteiger partial charge on any atom is -0.326 e. The second kappa shape index (κ2) is 6.39. The lowest BCUT2D eigenvalue weighted by atomic mass is 10.1. The fourth-order valence-corrected chi connectivity index (χ4v) is 2.43. The Hall–Kier alpha value is -2.68. The molecule has 3 rings (SSSR count). The van der Waals surface area contributed by atoms with E-state index in [0.717, 1.165) is 34.1 Å². The molecule has 0 spiro atoms. The maximum atomic E-state index is 11.6. The van der Waals surface area contributed by atoms with Gasteiger partial charge in [-0.3, -0.25) is 9.78 Å². The zero-order valence-corrected chi connectivity index (χ0v) is 12.5. The summed E-state index contributed by atoms with van der Waals surface area (Å²) in [7, 11) is 0. The second-order valence-corrected chi connectivity index (χ2v) is 5.29. The maximum Gasteiger partial charge on any atom is 0.224 e. The van der Waals surface area contributed by atoms with Crippen LogP contribution in [0.2, 0.25) is 0 Å². The molecule has 3 aromatic rings. The number of hydrogen-bond acceptors (Lipinski definition) is 2. The van der Waals surface area contributed by atoms with Crippen molar-refractivity contribution >= 4 is 22.5 Å². The summed E-state index contributed by atoms with van der Waals surface area (Å²) in [5.74, 6) is 0.0580. The quantitative estimate of drug-likeness (QED) is 0.760. The van der Waals surface area contributed by atoms with Gasteiger partial charge < -0.3 is 5.32 Å². The van der Waals surface area contributed by atoms with Crippen molar-refractivity contribution in [3.8, 4) is 11.1 Å². The number of fused-ring (bicyclic) bond motifs is 1. The van der Waals surface area contributed by atoms with Crippen LogP contribution in [0.4, 0.5) is 5.69 Å². The third-order valence-electron chi connectivity index (χ3n) is 3.57. The largest absolute Gasteiger partial charge is 0.326 e. The highest BCUT2D eigenvalue weighted by atomic mass is 16.1. The fourth-order valence-electron chi connectivity index (χ4n) is 2.43. The molecule has 1 heterocycles. The first-order valence-corrected chi connectivity index (χ1v) is 7.51. The molecule has 0 atom stereocenters. The van der Waals surface area contributed by atoms with Crippen LogP contribution in [0.5, 0.6) is 0 Å². The lowest BCUT2D eigenvalue weighted by molar-refractivity contribution is -0.116. The molecule has 0 unspecified atom stereocenters. The van der Waals surface area contributed by atoms with E-state index in [1.54, 1.807) is 0 Å². The van der Waals surface area contributed by atoms with Crippen LogP contribution in [0, 0.1) is 0 Å². The van der Waals surface area contributed by atoms with Crippen LogP contribution in [0.15, 0.2) is 60.8 Å². The van der Waals surface area contributed by atoms with Crippen molar-refractivity contribution in [1.82, 2.24) is 4.98 Å². The number of carbonyl (C=O) groups excluding carboxylic acids is 1. The zero-order chi connectivity index (χ0) is 15.4. The number of anilines is 1. The lowest BCUT2D eigenvalue weighted by Gasteiger charge is -2.07. The number of amides is 1. The predicted octanol–water partition coefficient (Wildman–Crippen LogP) is 4.64. The average molecular weight is 290 g/mol. The Bertz CT molecular complexity index is 794. The fraction of sp³-hybridized carbons (Fsp3) is 0.158. The topological polar surface area (TPSA) is 42.0 Å². The van der Waals surface area contributed by atoms with Gasteiger partial charge in [-0.1, -0.05) is 37.3 Å². The van der Waals surface area contributed by atoms with Crippen molar-refractivity contribution < 1.29 is 4.79 Å². The van der Waals surface area contributed by atoms with E-state index in [9.17, 15) is 4.79 Å². The second-order valence-electron chi connectivity index (χ2n) is 5.29. The number of rotatable bonds is 4. The third-order valence-corrected chi connectivity index (χ3v) is 3.57. The number of nitrogens with zero attached hydrogens (tertiary/aromatic N) is 1. The van der Waals surface area contributed by atoms with Crippen LogP contribution in [0.3, 0.4) is 0 Å². The first-order valence-electron chi connectivity index (χ1n) is 7.51. The van der Waals surface area contributed by atoms with Crippen molar-refractivity contribution in [3.63, 3.8) is 0 Å². The van der Waals surface area contributed by atoms with Gasteiger partial charge in [0.2, 0.25) is 5.91 Å². The van der Waals surface area contributed by atoms with Gasteiger partial charge >= 0.3 is 0 Å². The Morgan fingerprint density at radius 1 is 1.05 bits per heavy atom. The number of aromatic nitrogens is 1. The van der Waals surface area contributed by atoms with E-state index in [2.05, 4.69) is 22.4 Å². The van der Waals surface area contributed by atoms with Gasteiger partial charge in [-0.25, -0.2) is 0 Å². The molecule has 1 N–H and O–H groups in total. The van der Waals surface area contributed by atoms with Crippen molar-refractivity contribution in [1.29, 1.82) is 0 Å². The minimum absolute atomic E-state index is 0.0580. The Morgan fingerprint density at radius 3 is 2.59 bits per heavy atom. The summed E-state index contributed by atoms with van der Waals surface area (Å²) in [6.45, 7) is 2.00. The standard InChI is InChI=1S/C19H18N2O/c1-2-5-19(22)21-17-10-8-14(9-11-17)16-12-15-6-3-4-7-18(15)20-13-16/h3-4,6-13H,2,5H2,1H3,(H,21,22). The van der Waals surface area contributed by atoms with E-state index in [0.29, 0.717) is 6.42 Å². The molecule has 3 heteroatoms. The highest BCUT2D eigenvalue weighted by Crippen LogP contribution is 2.24. The summed E-state index contributed by atoms with van der Waals surface area (Å²) in [6.07, 6.45) is 3.29. The third kappa shape index (κ3) is 3.14. The molecule has 1 aromatic heterocycles. The number of nitrogens with one attached hydrogen (secondary N) is 1. The monoisotopic (exact) mass is 290 g/mol. The molecule has 1 amide bonds. The molecule has 2 aromatic carbocycles. The van der Waals surface area contributed by atoms with Crippen molar-refractivity contribution in [2.24, 2.45) is 0 Å². The molecular weight excluding hydrogens is 272 g/mol. The number of hydrogen-bond donors (Lipinski definition) is 1. The highest BCUT2D eigenvalue weighted by Gasteiger charge is 2.03. The number of benzene rings is 2. The van der Waals surface area contributed by atoms with Crippen LogP contribution in [-0.2, 0) is 4.79 Å². The maximum absolute atomic E-state index is 11.6. The van der Waals surface area contributed by atoms with E-state index in [1.807, 2.05) is 55.6 Å². The van der Waals surface area contributed by atoms with E-state index in [4.69, 9.17) is 0 Å². The molecule has 3 nitrogen and oxygen atoms in total. The molecular formula is C19H18N2O. The lowest BCUT2D eigenvalue weighted by Crippen LogP contribution is -2.10. The Kier molecular flexibility index (Phi) is 4.15. The van der Waals surface area contributed by atoms with Gasteiger partial charge in [-0.15, -0.1) is 0 Å². The normalized spacial score (nSPS) is 10.6. The van der Waals surface area contributed by atoms with Crippen molar-refractivity contribution in [2.45, 2.75) is 19.8 Å². The van der Waals surface area contributed by atoms with Gasteiger partial charge in [0.15, 0.2) is 0 Å². The summed E-state index contributed by atoms with van der Waals surface area (Å²) in [6, 6.07) is 18.1. The van der Waals surface area contributed by atoms with Crippen molar-refractivity contribution in [3.05, 3.63) is 60.8 Å². The summed E-state index contributed by atoms with van der Waals surface area (Å²) in [5, 5.41) is 4.02. The Morgan fingerprint density at radius 2 is 1.82 bits per heavy atom. The predicted molar refractivity (Wildman–Crippen MR) is 90.7 cm³/mol. The van der Waals surface area contributed by atoms with Crippen LogP contribution < -0.4 is 5.32 Å². The van der Waals surface area contributed by atoms with Gasteiger partial charge in [0.1, 0.15) is 0 Å². The molecule has 110 valence electrons. The van der Waals surface area contributed by atoms with E-state index < -0.39 is 0 Å². The first kappa shape index (κ1) is 14.3. The number of pyridine rings is 1. The molecule has 22 heavy (non-hydrogen) atoms. The first-order chi connectivity index (χ1) is 10.8. The molecule has 0 aliphatic rings. The zero-order valence-electron chi connectivity index (χ0n) is 12.5. The SMILES string of the molecule is CCCC(=O)Nc1ccc(-c2cnc3ccccc3c2)cc1. The highest BCUT2D eigenvalue weighted by molar-refractivity contribution is 5.91. The van der Waals surface area contributed by atoms with Crippen molar-refractivity contribution in [2.75, 3.05) is 5.32 Å². The van der Waals surface area contributed by atoms with E-state index in [-0.39, 0.29) is 5.91 Å². The number of carbonyl (C=O) groups is 1. The summed E-state index contributed by atoms with van der Waals surface area (Å²) in [4.78, 5) is 16.1. The molecule has 0 aliphatic heterocycles. The van der Waals surface area contributed by atoms with Crippen LogP contribution in [0.1, 0.15) is 19.8 Å². The van der Waals surface area contributed by atoms with Gasteiger partial charge in [-0.2, -0.15) is 0 Å². The van der Waals surface area contributed by atoms with E-state index in [1.165, 1.54) is 0 Å². The summed E-state index contributed by atoms with van der Waals surface area (Å²) >= 11 is 0. The smallest absolute Gasteiger partial charge is 0.224 e. The average Bonchev–Trinajstić information content (AvgIpc) is 2.55. The molecule has 0 bridgehead atoms. The molecule has 0 aliphatic carbocycles. The molecule has 0 fully saturated rings. The van der Waals surface area contributed by atoms with Gasteiger partial charge in [-0.05, 0) is 36.2 Å². The Balaban J connectivity index is 1.83. The van der Waals surface area contributed by atoms with Gasteiger partial charge in [0.25, 0.3) is 0 Å². The summed E-state index contributed by atoms with van der Waals surface area (Å²) in [5.41, 5.74) is 3.99. The van der Waals surface area contributed by atoms with E-state index >= 15 is 0 Å².